The molecule has 3 amide bonds. The van der Waals surface area contributed by atoms with E-state index in [4.69, 9.17) is 0 Å². The number of hydrogen-bond donors (Lipinski definition) is 2. The summed E-state index contributed by atoms with van der Waals surface area (Å²) in [6.45, 7) is 5.59. The van der Waals surface area contributed by atoms with E-state index < -0.39 is 6.03 Å². The van der Waals surface area contributed by atoms with E-state index in [1.807, 2.05) is 20.8 Å². The average molecular weight is 337 g/mol. The summed E-state index contributed by atoms with van der Waals surface area (Å²) in [5.74, 6) is 1.45. The van der Waals surface area contributed by atoms with Gasteiger partial charge in [0, 0.05) is 17.5 Å². The van der Waals surface area contributed by atoms with Crippen LogP contribution in [0.3, 0.4) is 0 Å². The molecule has 7 nitrogen and oxygen atoms in total. The first-order valence-electron chi connectivity index (χ1n) is 8.03. The van der Waals surface area contributed by atoms with E-state index in [9.17, 15) is 9.59 Å². The van der Waals surface area contributed by atoms with E-state index in [1.165, 1.54) is 24.6 Å². The number of aromatic nitrogens is 3. The summed E-state index contributed by atoms with van der Waals surface area (Å²) in [7, 11) is 0. The van der Waals surface area contributed by atoms with Gasteiger partial charge in [0.1, 0.15) is 5.82 Å². The maximum absolute atomic E-state index is 11.9. The lowest BCUT2D eigenvalue weighted by atomic mass is 10.1. The molecule has 126 valence electrons. The van der Waals surface area contributed by atoms with Crippen molar-refractivity contribution in [3.63, 3.8) is 0 Å². The molecule has 1 aromatic heterocycles. The van der Waals surface area contributed by atoms with Gasteiger partial charge >= 0.3 is 6.03 Å². The predicted molar refractivity (Wildman–Crippen MR) is 87.4 cm³/mol. The molecule has 8 heteroatoms. The van der Waals surface area contributed by atoms with Gasteiger partial charge in [-0.05, 0) is 46.5 Å². The van der Waals surface area contributed by atoms with Crippen molar-refractivity contribution < 1.29 is 9.59 Å². The second-order valence-corrected chi connectivity index (χ2v) is 8.20. The quantitative estimate of drug-likeness (QED) is 0.804. The topological polar surface area (TPSA) is 88.9 Å². The van der Waals surface area contributed by atoms with Crippen LogP contribution in [0.1, 0.15) is 64.2 Å². The first kappa shape index (κ1) is 16.3. The number of rotatable bonds is 5. The van der Waals surface area contributed by atoms with Crippen LogP contribution in [0.2, 0.25) is 0 Å². The largest absolute Gasteiger partial charge is 0.333 e. The van der Waals surface area contributed by atoms with Gasteiger partial charge in [0.15, 0.2) is 5.16 Å². The van der Waals surface area contributed by atoms with Gasteiger partial charge < -0.3 is 9.88 Å². The number of nitrogens with zero attached hydrogens (tertiary/aromatic N) is 3. The van der Waals surface area contributed by atoms with Gasteiger partial charge in [0.2, 0.25) is 5.91 Å². The van der Waals surface area contributed by atoms with Crippen molar-refractivity contribution in [2.45, 2.75) is 69.1 Å². The second kappa shape index (κ2) is 6.14. The van der Waals surface area contributed by atoms with Gasteiger partial charge in [0.25, 0.3) is 0 Å². The molecule has 0 unspecified atom stereocenters. The van der Waals surface area contributed by atoms with Crippen LogP contribution >= 0.6 is 11.8 Å². The predicted octanol–water partition coefficient (Wildman–Crippen LogP) is 2.21. The lowest BCUT2D eigenvalue weighted by Crippen LogP contribution is -2.48. The summed E-state index contributed by atoms with van der Waals surface area (Å²) in [6.07, 6.45) is 4.68. The normalized spacial score (nSPS) is 17.9. The lowest BCUT2D eigenvalue weighted by molar-refractivity contribution is -0.117. The zero-order valence-corrected chi connectivity index (χ0v) is 14.6. The minimum atomic E-state index is -0.467. The van der Waals surface area contributed by atoms with Gasteiger partial charge in [-0.2, -0.15) is 0 Å². The Morgan fingerprint density at radius 3 is 2.48 bits per heavy atom. The molecule has 0 radical (unpaired) electrons. The summed E-state index contributed by atoms with van der Waals surface area (Å²) < 4.78 is 2.20. The van der Waals surface area contributed by atoms with Gasteiger partial charge in [-0.15, -0.1) is 10.2 Å². The van der Waals surface area contributed by atoms with E-state index in [-0.39, 0.29) is 17.2 Å². The Kier molecular flexibility index (Phi) is 4.35. The highest BCUT2D eigenvalue weighted by atomic mass is 32.2. The number of carbonyl (C=O) groups is 2. The fourth-order valence-electron chi connectivity index (χ4n) is 2.35. The molecule has 0 atom stereocenters. The van der Waals surface area contributed by atoms with Crippen molar-refractivity contribution in [2.24, 2.45) is 0 Å². The van der Waals surface area contributed by atoms with Crippen LogP contribution in [-0.4, -0.2) is 38.0 Å². The van der Waals surface area contributed by atoms with Gasteiger partial charge in [-0.1, -0.05) is 11.8 Å². The molecule has 2 fully saturated rings. The summed E-state index contributed by atoms with van der Waals surface area (Å²) in [5.41, 5.74) is -0.372. The third kappa shape index (κ3) is 4.46. The molecule has 2 saturated carbocycles. The number of hydrogen-bond acceptors (Lipinski definition) is 5. The monoisotopic (exact) mass is 337 g/mol. The standard InChI is InChI=1S/C15H23N5O2S/c1-15(2,3)17-13(22)16-11(21)8-23-14-19-18-12(9-4-5-9)20(14)10-6-7-10/h9-10H,4-8H2,1-3H3,(H2,16,17,21,22). The summed E-state index contributed by atoms with van der Waals surface area (Å²) in [4.78, 5) is 23.6. The maximum Gasteiger partial charge on any atom is 0.321 e. The van der Waals surface area contributed by atoms with E-state index in [2.05, 4.69) is 25.4 Å². The fourth-order valence-corrected chi connectivity index (χ4v) is 3.16. The van der Waals surface area contributed by atoms with Crippen molar-refractivity contribution in [3.05, 3.63) is 5.82 Å². The summed E-state index contributed by atoms with van der Waals surface area (Å²) >= 11 is 1.35. The highest BCUT2D eigenvalue weighted by Crippen LogP contribution is 2.45. The van der Waals surface area contributed by atoms with Crippen molar-refractivity contribution in [3.8, 4) is 0 Å². The number of imide groups is 1. The Morgan fingerprint density at radius 2 is 1.91 bits per heavy atom. The molecule has 0 aromatic carbocycles. The molecule has 0 bridgehead atoms. The van der Waals surface area contributed by atoms with Crippen LogP contribution in [0, 0.1) is 0 Å². The van der Waals surface area contributed by atoms with E-state index in [0.717, 1.165) is 23.8 Å². The molecular weight excluding hydrogens is 314 g/mol. The molecule has 1 aromatic rings. The van der Waals surface area contributed by atoms with Crippen molar-refractivity contribution in [1.29, 1.82) is 0 Å². The van der Waals surface area contributed by atoms with E-state index >= 15 is 0 Å². The Morgan fingerprint density at radius 1 is 1.22 bits per heavy atom. The molecule has 1 heterocycles. The molecule has 2 aliphatic carbocycles. The smallest absolute Gasteiger partial charge is 0.321 e. The molecule has 2 N–H and O–H groups in total. The minimum Gasteiger partial charge on any atom is -0.333 e. The van der Waals surface area contributed by atoms with Crippen LogP contribution < -0.4 is 10.6 Å². The zero-order chi connectivity index (χ0) is 16.6. The van der Waals surface area contributed by atoms with E-state index in [0.29, 0.717) is 12.0 Å². The highest BCUT2D eigenvalue weighted by Gasteiger charge is 2.36. The van der Waals surface area contributed by atoms with Gasteiger partial charge in [-0.3, -0.25) is 10.1 Å². The van der Waals surface area contributed by atoms with Crippen LogP contribution in [0.25, 0.3) is 0 Å². The van der Waals surface area contributed by atoms with Crippen LogP contribution in [0.15, 0.2) is 5.16 Å². The summed E-state index contributed by atoms with van der Waals surface area (Å²) in [6, 6.07) is 0.0285. The molecule has 3 rings (SSSR count). The first-order chi connectivity index (χ1) is 10.8. The number of thioether (sulfide) groups is 1. The Labute approximate surface area is 140 Å². The SMILES string of the molecule is CC(C)(C)NC(=O)NC(=O)CSc1nnc(C2CC2)n1C1CC1. The Bertz CT molecular complexity index is 614. The van der Waals surface area contributed by atoms with E-state index in [1.54, 1.807) is 0 Å². The molecule has 0 saturated heterocycles. The van der Waals surface area contributed by atoms with Crippen molar-refractivity contribution in [2.75, 3.05) is 5.75 Å². The third-order valence-electron chi connectivity index (χ3n) is 3.62. The highest BCUT2D eigenvalue weighted by molar-refractivity contribution is 7.99. The Hall–Kier alpha value is -1.57. The number of carbonyl (C=O) groups excluding carboxylic acids is 2. The first-order valence-corrected chi connectivity index (χ1v) is 9.01. The summed E-state index contributed by atoms with van der Waals surface area (Å²) in [5, 5.41) is 14.4. The second-order valence-electron chi connectivity index (χ2n) is 7.26. The molecule has 0 spiro atoms. The minimum absolute atomic E-state index is 0.160. The number of nitrogens with one attached hydrogen (secondary N) is 2. The van der Waals surface area contributed by atoms with Crippen LogP contribution in [-0.2, 0) is 4.79 Å². The fraction of sp³-hybridized carbons (Fsp3) is 0.733. The maximum atomic E-state index is 11.9. The van der Waals surface area contributed by atoms with Crippen molar-refractivity contribution in [1.82, 2.24) is 25.4 Å². The number of amides is 3. The molecule has 23 heavy (non-hydrogen) atoms. The van der Waals surface area contributed by atoms with Gasteiger partial charge in [-0.25, -0.2) is 4.79 Å². The van der Waals surface area contributed by atoms with Crippen molar-refractivity contribution >= 4 is 23.7 Å². The third-order valence-corrected chi connectivity index (χ3v) is 4.56. The van der Waals surface area contributed by atoms with Gasteiger partial charge in [0.05, 0.1) is 5.75 Å². The zero-order valence-electron chi connectivity index (χ0n) is 13.8. The molecular formula is C15H23N5O2S. The molecule has 0 aliphatic heterocycles. The lowest BCUT2D eigenvalue weighted by Gasteiger charge is -2.20. The molecule has 2 aliphatic rings. The Balaban J connectivity index is 1.54. The van der Waals surface area contributed by atoms with Crippen LogP contribution in [0.5, 0.6) is 0 Å². The number of urea groups is 1. The van der Waals surface area contributed by atoms with Crippen LogP contribution in [0.4, 0.5) is 4.79 Å². The average Bonchev–Trinajstić information content (AvgIpc) is 3.32.